The molecule has 0 spiro atoms. The number of carboxylic acids is 1. The van der Waals surface area contributed by atoms with Gasteiger partial charge in [-0.05, 0) is 18.2 Å². The number of alkyl halides is 3. The molecule has 0 aliphatic carbocycles. The molecule has 10 heteroatoms. The maximum absolute atomic E-state index is 12.5. The summed E-state index contributed by atoms with van der Waals surface area (Å²) in [4.78, 5) is 23.8. The third-order valence-corrected chi connectivity index (χ3v) is 2.64. The number of benzene rings is 1. The molecule has 2 aromatic rings. The summed E-state index contributed by atoms with van der Waals surface area (Å²) in [6.07, 6.45) is -4.77. The topological polar surface area (TPSA) is 114 Å². The van der Waals surface area contributed by atoms with Crippen molar-refractivity contribution in [2.24, 2.45) is 0 Å². The van der Waals surface area contributed by atoms with E-state index in [4.69, 9.17) is 5.11 Å². The Hall–Kier alpha value is -2.91. The molecule has 2 rings (SSSR count). The number of halogens is 3. The zero-order valence-corrected chi connectivity index (χ0v) is 9.88. The van der Waals surface area contributed by atoms with E-state index in [0.717, 1.165) is 6.07 Å². The average molecular weight is 302 g/mol. The van der Waals surface area contributed by atoms with Gasteiger partial charge >= 0.3 is 17.8 Å². The van der Waals surface area contributed by atoms with Crippen molar-refractivity contribution in [3.8, 4) is 5.75 Å². The number of phenols is 1. The predicted octanol–water partition coefficient (Wildman–Crippen LogP) is 2.57. The molecule has 0 unspecified atom stereocenters. The van der Waals surface area contributed by atoms with Gasteiger partial charge in [-0.25, -0.2) is 9.78 Å². The quantitative estimate of drug-likeness (QED) is 0.651. The van der Waals surface area contributed by atoms with Crippen LogP contribution in [0.1, 0.15) is 16.1 Å². The van der Waals surface area contributed by atoms with Crippen molar-refractivity contribution >= 4 is 22.6 Å². The molecule has 0 atom stereocenters. The monoisotopic (exact) mass is 302 g/mol. The lowest BCUT2D eigenvalue weighted by atomic mass is 10.1. The molecule has 0 fully saturated rings. The lowest BCUT2D eigenvalue weighted by Gasteiger charge is -2.09. The predicted molar refractivity (Wildman–Crippen MR) is 62.0 cm³/mol. The van der Waals surface area contributed by atoms with Crippen molar-refractivity contribution in [2.45, 2.75) is 6.18 Å². The Bertz CT molecular complexity index is 773. The number of rotatable bonds is 2. The van der Waals surface area contributed by atoms with Gasteiger partial charge in [-0.2, -0.15) is 13.2 Å². The van der Waals surface area contributed by atoms with Crippen LogP contribution in [-0.4, -0.2) is 26.1 Å². The molecule has 110 valence electrons. The van der Waals surface area contributed by atoms with Gasteiger partial charge in [0, 0.05) is 5.39 Å². The summed E-state index contributed by atoms with van der Waals surface area (Å²) in [7, 11) is 0. The lowest BCUT2D eigenvalue weighted by molar-refractivity contribution is -0.386. The molecular formula is C11H5F3N2O5. The number of carbonyl (C=O) groups is 1. The van der Waals surface area contributed by atoms with Gasteiger partial charge < -0.3 is 10.2 Å². The summed E-state index contributed by atoms with van der Waals surface area (Å²) in [5.74, 6) is -2.81. The van der Waals surface area contributed by atoms with Gasteiger partial charge in [0.2, 0.25) is 5.75 Å². The summed E-state index contributed by atoms with van der Waals surface area (Å²) in [5, 5.41) is 29.0. The highest BCUT2D eigenvalue weighted by Crippen LogP contribution is 2.38. The van der Waals surface area contributed by atoms with E-state index in [0.29, 0.717) is 12.1 Å². The highest BCUT2D eigenvalue weighted by Gasteiger charge is 2.34. The highest BCUT2D eigenvalue weighted by molar-refractivity contribution is 6.01. The normalized spacial score (nSPS) is 11.6. The van der Waals surface area contributed by atoms with Crippen molar-refractivity contribution in [1.29, 1.82) is 0 Å². The Labute approximate surface area is 113 Å². The second-order valence-electron chi connectivity index (χ2n) is 3.94. The minimum absolute atomic E-state index is 0.347. The van der Waals surface area contributed by atoms with Crippen LogP contribution in [0.3, 0.4) is 0 Å². The number of hydrogen-bond donors (Lipinski definition) is 2. The van der Waals surface area contributed by atoms with Crippen LogP contribution in [0.15, 0.2) is 18.2 Å². The van der Waals surface area contributed by atoms with Gasteiger partial charge in [-0.1, -0.05) is 0 Å². The van der Waals surface area contributed by atoms with Crippen molar-refractivity contribution in [3.05, 3.63) is 39.6 Å². The fraction of sp³-hybridized carbons (Fsp3) is 0.0909. The van der Waals surface area contributed by atoms with E-state index in [9.17, 15) is 33.2 Å². The van der Waals surface area contributed by atoms with Crippen LogP contribution in [0.4, 0.5) is 18.9 Å². The SMILES string of the molecule is O=C(O)c1cc2nc(C(F)(F)F)ccc2c(O)c1[N+](=O)[O-]. The van der Waals surface area contributed by atoms with E-state index in [1.54, 1.807) is 0 Å². The van der Waals surface area contributed by atoms with E-state index < -0.39 is 45.3 Å². The number of nitro benzene ring substituents is 1. The van der Waals surface area contributed by atoms with Crippen LogP contribution in [-0.2, 0) is 6.18 Å². The van der Waals surface area contributed by atoms with Gasteiger partial charge in [-0.15, -0.1) is 0 Å². The third kappa shape index (κ3) is 2.42. The Balaban J connectivity index is 2.86. The largest absolute Gasteiger partial charge is 0.502 e. The summed E-state index contributed by atoms with van der Waals surface area (Å²) in [5.41, 5.74) is -3.86. The maximum Gasteiger partial charge on any atom is 0.433 e. The first kappa shape index (κ1) is 14.5. The molecule has 1 heterocycles. The molecule has 0 aliphatic rings. The van der Waals surface area contributed by atoms with Crippen LogP contribution in [0.5, 0.6) is 5.75 Å². The molecule has 1 aromatic carbocycles. The van der Waals surface area contributed by atoms with Crippen LogP contribution in [0, 0.1) is 10.1 Å². The van der Waals surface area contributed by atoms with Gasteiger partial charge in [0.05, 0.1) is 10.4 Å². The van der Waals surface area contributed by atoms with Gasteiger partial charge in [-0.3, -0.25) is 10.1 Å². The van der Waals surface area contributed by atoms with E-state index >= 15 is 0 Å². The second kappa shape index (κ2) is 4.58. The number of pyridine rings is 1. The Kier molecular flexibility index (Phi) is 3.16. The molecular weight excluding hydrogens is 297 g/mol. The van der Waals surface area contributed by atoms with Crippen molar-refractivity contribution in [1.82, 2.24) is 4.98 Å². The van der Waals surface area contributed by atoms with Gasteiger partial charge in [0.25, 0.3) is 0 Å². The number of hydrogen-bond acceptors (Lipinski definition) is 5. The zero-order chi connectivity index (χ0) is 15.9. The number of carboxylic acid groups (broad SMARTS) is 1. The average Bonchev–Trinajstić information content (AvgIpc) is 2.36. The molecule has 0 saturated carbocycles. The molecule has 0 radical (unpaired) electrons. The summed E-state index contributed by atoms with van der Waals surface area (Å²) in [6, 6.07) is 1.94. The van der Waals surface area contributed by atoms with E-state index in [1.165, 1.54) is 0 Å². The minimum Gasteiger partial charge on any atom is -0.502 e. The molecule has 0 amide bonds. The first-order valence-electron chi connectivity index (χ1n) is 5.24. The third-order valence-electron chi connectivity index (χ3n) is 2.64. The molecule has 7 nitrogen and oxygen atoms in total. The van der Waals surface area contributed by atoms with Crippen LogP contribution >= 0.6 is 0 Å². The highest BCUT2D eigenvalue weighted by atomic mass is 19.4. The minimum atomic E-state index is -4.77. The standard InChI is InChI=1S/C11H5F3N2O5/c12-11(13,14)7-2-1-4-6(15-7)3-5(10(18)19)8(9(4)17)16(20)21/h1-3,17H,(H,18,19). The molecule has 1 aromatic heterocycles. The number of aromatic hydroxyl groups is 1. The first-order chi connectivity index (χ1) is 9.62. The zero-order valence-electron chi connectivity index (χ0n) is 9.88. The molecule has 2 N–H and O–H groups in total. The first-order valence-corrected chi connectivity index (χ1v) is 5.24. The van der Waals surface area contributed by atoms with E-state index in [-0.39, 0.29) is 5.39 Å². The van der Waals surface area contributed by atoms with E-state index in [2.05, 4.69) is 4.98 Å². The fourth-order valence-corrected chi connectivity index (χ4v) is 1.75. The summed E-state index contributed by atoms with van der Waals surface area (Å²) >= 11 is 0. The number of nitrogens with zero attached hydrogens (tertiary/aromatic N) is 2. The summed E-state index contributed by atoms with van der Waals surface area (Å²) < 4.78 is 37.6. The Morgan fingerprint density at radius 1 is 1.33 bits per heavy atom. The van der Waals surface area contributed by atoms with Gasteiger partial charge in [0.15, 0.2) is 0 Å². The molecule has 0 bridgehead atoms. The lowest BCUT2D eigenvalue weighted by Crippen LogP contribution is -2.09. The number of phenolic OH excluding ortho intramolecular Hbond substituents is 1. The fourth-order valence-electron chi connectivity index (χ4n) is 1.75. The van der Waals surface area contributed by atoms with Crippen molar-refractivity contribution < 1.29 is 33.1 Å². The second-order valence-corrected chi connectivity index (χ2v) is 3.94. The van der Waals surface area contributed by atoms with Crippen LogP contribution in [0.25, 0.3) is 10.9 Å². The number of aromatic nitrogens is 1. The molecule has 0 saturated heterocycles. The van der Waals surface area contributed by atoms with Crippen LogP contribution in [0.2, 0.25) is 0 Å². The smallest absolute Gasteiger partial charge is 0.433 e. The number of nitro groups is 1. The summed E-state index contributed by atoms with van der Waals surface area (Å²) in [6.45, 7) is 0. The number of aromatic carboxylic acids is 1. The maximum atomic E-state index is 12.5. The Morgan fingerprint density at radius 2 is 1.95 bits per heavy atom. The van der Waals surface area contributed by atoms with Gasteiger partial charge in [0.1, 0.15) is 11.3 Å². The Morgan fingerprint density at radius 3 is 2.43 bits per heavy atom. The van der Waals surface area contributed by atoms with Crippen molar-refractivity contribution in [2.75, 3.05) is 0 Å². The molecule has 21 heavy (non-hydrogen) atoms. The van der Waals surface area contributed by atoms with E-state index in [1.807, 2.05) is 0 Å². The number of fused-ring (bicyclic) bond motifs is 1. The van der Waals surface area contributed by atoms with Crippen LogP contribution < -0.4 is 0 Å². The van der Waals surface area contributed by atoms with Crippen molar-refractivity contribution in [3.63, 3.8) is 0 Å². The molecule has 0 aliphatic heterocycles.